The fourth-order valence-corrected chi connectivity index (χ4v) is 2.34. The maximum Gasteiger partial charge on any atom is 0.214 e. The Hall–Kier alpha value is -1.98. The fraction of sp³-hybridized carbons (Fsp3) is 0.417. The van der Waals surface area contributed by atoms with E-state index in [4.69, 9.17) is 0 Å². The van der Waals surface area contributed by atoms with Crippen molar-refractivity contribution in [1.82, 2.24) is 19.7 Å². The topological polar surface area (TPSA) is 46.8 Å². The molecule has 94 valence electrons. The monoisotopic (exact) mass is 247 g/mol. The summed E-state index contributed by atoms with van der Waals surface area (Å²) in [6.45, 7) is 1.72. The van der Waals surface area contributed by atoms with Crippen LogP contribution in [0.5, 0.6) is 0 Å². The second-order valence-corrected chi connectivity index (χ2v) is 4.41. The van der Waals surface area contributed by atoms with Gasteiger partial charge < -0.3 is 4.90 Å². The molecule has 0 spiro atoms. The highest BCUT2D eigenvalue weighted by Gasteiger charge is 2.21. The average molecular weight is 247 g/mol. The number of anilines is 1. The van der Waals surface area contributed by atoms with Crippen LogP contribution in [-0.2, 0) is 0 Å². The minimum Gasteiger partial charge on any atom is -0.356 e. The molecule has 1 saturated heterocycles. The van der Waals surface area contributed by atoms with Crippen molar-refractivity contribution < 1.29 is 4.39 Å². The molecule has 0 aliphatic carbocycles. The highest BCUT2D eigenvalue weighted by molar-refractivity contribution is 5.38. The van der Waals surface area contributed by atoms with Crippen LogP contribution in [0, 0.1) is 5.95 Å². The van der Waals surface area contributed by atoms with E-state index in [9.17, 15) is 4.39 Å². The van der Waals surface area contributed by atoms with E-state index in [1.807, 2.05) is 10.7 Å². The predicted octanol–water partition coefficient (Wildman–Crippen LogP) is 1.65. The maximum absolute atomic E-state index is 13.1. The van der Waals surface area contributed by atoms with E-state index in [0.717, 1.165) is 25.9 Å². The number of pyridine rings is 1. The Kier molecular flexibility index (Phi) is 2.92. The SMILES string of the molecule is Fc1cccc(N2CCC(n3cncn3)CC2)n1. The van der Waals surface area contributed by atoms with Crippen LogP contribution in [0.2, 0.25) is 0 Å². The van der Waals surface area contributed by atoms with Gasteiger partial charge in [0.2, 0.25) is 5.95 Å². The highest BCUT2D eigenvalue weighted by atomic mass is 19.1. The molecule has 0 N–H and O–H groups in total. The van der Waals surface area contributed by atoms with Gasteiger partial charge in [-0.3, -0.25) is 0 Å². The van der Waals surface area contributed by atoms with Crippen molar-refractivity contribution in [3.05, 3.63) is 36.8 Å². The lowest BCUT2D eigenvalue weighted by Crippen LogP contribution is -2.35. The smallest absolute Gasteiger partial charge is 0.214 e. The van der Waals surface area contributed by atoms with Crippen LogP contribution in [0.3, 0.4) is 0 Å². The van der Waals surface area contributed by atoms with Gasteiger partial charge in [0.25, 0.3) is 0 Å². The molecule has 0 aromatic carbocycles. The second-order valence-electron chi connectivity index (χ2n) is 4.41. The van der Waals surface area contributed by atoms with E-state index >= 15 is 0 Å². The van der Waals surface area contributed by atoms with Crippen molar-refractivity contribution in [3.8, 4) is 0 Å². The molecule has 1 aliphatic heterocycles. The minimum absolute atomic E-state index is 0.386. The molecule has 3 heterocycles. The Morgan fingerprint density at radius 2 is 2.06 bits per heavy atom. The lowest BCUT2D eigenvalue weighted by atomic mass is 10.1. The minimum atomic E-state index is -0.425. The summed E-state index contributed by atoms with van der Waals surface area (Å²) in [5.41, 5.74) is 0. The Bertz CT molecular complexity index is 505. The van der Waals surface area contributed by atoms with Gasteiger partial charge in [0.05, 0.1) is 6.04 Å². The van der Waals surface area contributed by atoms with Crippen LogP contribution >= 0.6 is 0 Å². The summed E-state index contributed by atoms with van der Waals surface area (Å²) < 4.78 is 15.0. The molecule has 0 bridgehead atoms. The number of nitrogens with zero attached hydrogens (tertiary/aromatic N) is 5. The molecule has 0 radical (unpaired) electrons. The van der Waals surface area contributed by atoms with Crippen molar-refractivity contribution in [2.24, 2.45) is 0 Å². The van der Waals surface area contributed by atoms with Gasteiger partial charge in [0.15, 0.2) is 0 Å². The van der Waals surface area contributed by atoms with Gasteiger partial charge in [-0.05, 0) is 25.0 Å². The molecule has 0 amide bonds. The Balaban J connectivity index is 1.67. The van der Waals surface area contributed by atoms with Crippen LogP contribution in [0.25, 0.3) is 0 Å². The third kappa shape index (κ3) is 2.18. The fourth-order valence-electron chi connectivity index (χ4n) is 2.34. The average Bonchev–Trinajstić information content (AvgIpc) is 2.93. The van der Waals surface area contributed by atoms with E-state index in [2.05, 4.69) is 20.0 Å². The standard InChI is InChI=1S/C12H14FN5/c13-11-2-1-3-12(16-11)17-6-4-10(5-7-17)18-9-14-8-15-18/h1-3,8-10H,4-7H2. The van der Waals surface area contributed by atoms with E-state index in [1.54, 1.807) is 18.7 Å². The number of hydrogen-bond acceptors (Lipinski definition) is 4. The van der Waals surface area contributed by atoms with Crippen LogP contribution in [0.15, 0.2) is 30.9 Å². The van der Waals surface area contributed by atoms with E-state index in [1.165, 1.54) is 6.07 Å². The van der Waals surface area contributed by atoms with Crippen molar-refractivity contribution in [1.29, 1.82) is 0 Å². The Morgan fingerprint density at radius 3 is 2.72 bits per heavy atom. The first-order valence-electron chi connectivity index (χ1n) is 6.04. The Morgan fingerprint density at radius 1 is 1.22 bits per heavy atom. The van der Waals surface area contributed by atoms with Gasteiger partial charge in [0.1, 0.15) is 18.5 Å². The summed E-state index contributed by atoms with van der Waals surface area (Å²) in [5, 5.41) is 4.16. The first-order chi connectivity index (χ1) is 8.83. The first kappa shape index (κ1) is 11.1. The van der Waals surface area contributed by atoms with Crippen molar-refractivity contribution in [2.75, 3.05) is 18.0 Å². The Labute approximate surface area is 104 Å². The zero-order valence-corrected chi connectivity index (χ0v) is 9.91. The second kappa shape index (κ2) is 4.72. The van der Waals surface area contributed by atoms with Crippen LogP contribution in [0.4, 0.5) is 10.2 Å². The van der Waals surface area contributed by atoms with Gasteiger partial charge in [-0.25, -0.2) is 14.6 Å². The summed E-state index contributed by atoms with van der Waals surface area (Å²) in [6.07, 6.45) is 5.25. The third-order valence-electron chi connectivity index (χ3n) is 3.30. The van der Waals surface area contributed by atoms with Crippen LogP contribution in [0.1, 0.15) is 18.9 Å². The molecule has 2 aromatic heterocycles. The summed E-state index contributed by atoms with van der Waals surface area (Å²) in [7, 11) is 0. The van der Waals surface area contributed by atoms with Crippen molar-refractivity contribution in [2.45, 2.75) is 18.9 Å². The van der Waals surface area contributed by atoms with Crippen LogP contribution < -0.4 is 4.90 Å². The molecule has 0 atom stereocenters. The molecule has 0 unspecified atom stereocenters. The molecular weight excluding hydrogens is 233 g/mol. The van der Waals surface area contributed by atoms with Gasteiger partial charge in [-0.15, -0.1) is 0 Å². The molecule has 6 heteroatoms. The number of aromatic nitrogens is 4. The normalized spacial score (nSPS) is 17.1. The van der Waals surface area contributed by atoms with Crippen LogP contribution in [-0.4, -0.2) is 32.8 Å². The summed E-state index contributed by atoms with van der Waals surface area (Å²) in [6, 6.07) is 5.29. The van der Waals surface area contributed by atoms with Crippen molar-refractivity contribution >= 4 is 5.82 Å². The summed E-state index contributed by atoms with van der Waals surface area (Å²) >= 11 is 0. The highest BCUT2D eigenvalue weighted by Crippen LogP contribution is 2.24. The van der Waals surface area contributed by atoms with Gasteiger partial charge in [-0.2, -0.15) is 9.49 Å². The zero-order chi connectivity index (χ0) is 12.4. The van der Waals surface area contributed by atoms with Gasteiger partial charge in [0, 0.05) is 13.1 Å². The summed E-state index contributed by atoms with van der Waals surface area (Å²) in [4.78, 5) is 9.98. The number of rotatable bonds is 2. The maximum atomic E-state index is 13.1. The van der Waals surface area contributed by atoms with E-state index < -0.39 is 5.95 Å². The lowest BCUT2D eigenvalue weighted by molar-refractivity contribution is 0.364. The quantitative estimate of drug-likeness (QED) is 0.757. The summed E-state index contributed by atoms with van der Waals surface area (Å²) in [5.74, 6) is 0.290. The third-order valence-corrected chi connectivity index (χ3v) is 3.30. The lowest BCUT2D eigenvalue weighted by Gasteiger charge is -2.32. The first-order valence-corrected chi connectivity index (χ1v) is 6.04. The predicted molar refractivity (Wildman–Crippen MR) is 64.7 cm³/mol. The molecule has 5 nitrogen and oxygen atoms in total. The van der Waals surface area contributed by atoms with E-state index in [0.29, 0.717) is 11.9 Å². The van der Waals surface area contributed by atoms with E-state index in [-0.39, 0.29) is 0 Å². The molecule has 3 rings (SSSR count). The molecule has 1 aliphatic rings. The zero-order valence-electron chi connectivity index (χ0n) is 9.91. The molecule has 2 aromatic rings. The molecule has 1 fully saturated rings. The van der Waals surface area contributed by atoms with Gasteiger partial charge in [-0.1, -0.05) is 6.07 Å². The molecule has 18 heavy (non-hydrogen) atoms. The molecule has 0 saturated carbocycles. The number of hydrogen-bond donors (Lipinski definition) is 0. The number of halogens is 1. The largest absolute Gasteiger partial charge is 0.356 e. The number of piperidine rings is 1. The van der Waals surface area contributed by atoms with Crippen molar-refractivity contribution in [3.63, 3.8) is 0 Å². The molecular formula is C12H14FN5. The van der Waals surface area contributed by atoms with Gasteiger partial charge >= 0.3 is 0 Å².